The van der Waals surface area contributed by atoms with E-state index < -0.39 is 6.10 Å². The number of nitrogens with one attached hydrogen (secondary N) is 2. The Labute approximate surface area is 125 Å². The molecule has 1 unspecified atom stereocenters. The Balaban J connectivity index is 2.33. The molecule has 0 saturated carbocycles. The molecule has 0 aromatic heterocycles. The Morgan fingerprint density at radius 1 is 1.38 bits per heavy atom. The minimum Gasteiger partial charge on any atom is -0.481 e. The van der Waals surface area contributed by atoms with E-state index in [0.717, 1.165) is 0 Å². The van der Waals surface area contributed by atoms with Crippen molar-refractivity contribution in [3.63, 3.8) is 0 Å². The molecule has 0 spiro atoms. The van der Waals surface area contributed by atoms with Crippen molar-refractivity contribution in [2.45, 2.75) is 26.4 Å². The lowest BCUT2D eigenvalue weighted by atomic mass is 10.0. The first kappa shape index (κ1) is 16.9. The lowest BCUT2D eigenvalue weighted by molar-refractivity contribution is 0.117. The van der Waals surface area contributed by atoms with Crippen molar-refractivity contribution in [1.29, 1.82) is 0 Å². The zero-order valence-electron chi connectivity index (χ0n) is 12.4. The van der Waals surface area contributed by atoms with Crippen molar-refractivity contribution < 1.29 is 14.6 Å². The van der Waals surface area contributed by atoms with Crippen LogP contribution in [-0.4, -0.2) is 30.4 Å². The minimum absolute atomic E-state index is 0.186. The summed E-state index contributed by atoms with van der Waals surface area (Å²) in [5, 5.41) is 15.0. The fourth-order valence-electron chi connectivity index (χ4n) is 1.60. The van der Waals surface area contributed by atoms with Gasteiger partial charge in [-0.2, -0.15) is 0 Å². The topological polar surface area (TPSA) is 70.6 Å². The second-order valence-corrected chi connectivity index (χ2v) is 5.00. The van der Waals surface area contributed by atoms with Crippen LogP contribution >= 0.6 is 0 Å². The van der Waals surface area contributed by atoms with Crippen molar-refractivity contribution in [1.82, 2.24) is 5.32 Å². The Hall–Kier alpha value is -2.19. The van der Waals surface area contributed by atoms with Gasteiger partial charge in [0, 0.05) is 12.2 Å². The SMILES string of the molecule is C#CCOc1ccc(NC(=O)NCCC(O)C(C)C)cc1. The van der Waals surface area contributed by atoms with Gasteiger partial charge in [0.05, 0.1) is 6.10 Å². The highest BCUT2D eigenvalue weighted by Crippen LogP contribution is 2.15. The van der Waals surface area contributed by atoms with Crippen LogP contribution in [0.25, 0.3) is 0 Å². The number of ether oxygens (including phenoxy) is 1. The second-order valence-electron chi connectivity index (χ2n) is 5.00. The standard InChI is InChI=1S/C16H22N2O3/c1-4-11-21-14-7-5-13(6-8-14)18-16(20)17-10-9-15(19)12(2)3/h1,5-8,12,15,19H,9-11H2,2-3H3,(H2,17,18,20). The molecule has 5 nitrogen and oxygen atoms in total. The predicted molar refractivity (Wildman–Crippen MR) is 83.3 cm³/mol. The Morgan fingerprint density at radius 2 is 2.05 bits per heavy atom. The summed E-state index contributed by atoms with van der Waals surface area (Å²) in [5.41, 5.74) is 0.657. The zero-order chi connectivity index (χ0) is 15.7. The summed E-state index contributed by atoms with van der Waals surface area (Å²) >= 11 is 0. The van der Waals surface area contributed by atoms with E-state index in [2.05, 4.69) is 16.6 Å². The van der Waals surface area contributed by atoms with Crippen molar-refractivity contribution in [3.05, 3.63) is 24.3 Å². The van der Waals surface area contributed by atoms with Gasteiger partial charge in [0.25, 0.3) is 0 Å². The number of amides is 2. The van der Waals surface area contributed by atoms with Crippen molar-refractivity contribution in [2.24, 2.45) is 5.92 Å². The van der Waals surface area contributed by atoms with Crippen LogP contribution in [0.1, 0.15) is 20.3 Å². The summed E-state index contributed by atoms with van der Waals surface area (Å²) in [5.74, 6) is 3.22. The summed E-state index contributed by atoms with van der Waals surface area (Å²) in [6.07, 6.45) is 5.23. The van der Waals surface area contributed by atoms with E-state index >= 15 is 0 Å². The molecule has 2 amide bonds. The van der Waals surface area contributed by atoms with Crippen LogP contribution in [0.2, 0.25) is 0 Å². The third-order valence-corrected chi connectivity index (χ3v) is 2.93. The van der Waals surface area contributed by atoms with Crippen LogP contribution in [0.4, 0.5) is 10.5 Å². The van der Waals surface area contributed by atoms with Gasteiger partial charge < -0.3 is 20.5 Å². The predicted octanol–water partition coefficient (Wildman–Crippen LogP) is 2.23. The molecule has 1 atom stereocenters. The fraction of sp³-hybridized carbons (Fsp3) is 0.438. The first-order valence-electron chi connectivity index (χ1n) is 6.92. The third kappa shape index (κ3) is 6.68. The molecule has 1 aromatic rings. The van der Waals surface area contributed by atoms with Gasteiger partial charge in [0.1, 0.15) is 12.4 Å². The van der Waals surface area contributed by atoms with Gasteiger partial charge in [-0.25, -0.2) is 4.79 Å². The van der Waals surface area contributed by atoms with E-state index in [4.69, 9.17) is 11.2 Å². The highest BCUT2D eigenvalue weighted by Gasteiger charge is 2.09. The molecule has 0 heterocycles. The van der Waals surface area contributed by atoms with Crippen molar-refractivity contribution in [2.75, 3.05) is 18.5 Å². The van der Waals surface area contributed by atoms with E-state index in [1.54, 1.807) is 24.3 Å². The lowest BCUT2D eigenvalue weighted by Crippen LogP contribution is -2.32. The second kappa shape index (κ2) is 8.88. The van der Waals surface area contributed by atoms with Gasteiger partial charge in [-0.1, -0.05) is 19.8 Å². The quantitative estimate of drug-likeness (QED) is 0.674. The van der Waals surface area contributed by atoms with Crippen LogP contribution in [-0.2, 0) is 0 Å². The highest BCUT2D eigenvalue weighted by molar-refractivity contribution is 5.89. The number of aliphatic hydroxyl groups excluding tert-OH is 1. The minimum atomic E-state index is -0.405. The van der Waals surface area contributed by atoms with Gasteiger partial charge in [0.15, 0.2) is 0 Å². The molecule has 1 aromatic carbocycles. The molecule has 0 bridgehead atoms. The summed E-state index contributed by atoms with van der Waals surface area (Å²) in [4.78, 5) is 11.7. The normalized spacial score (nSPS) is 11.6. The molecular weight excluding hydrogens is 268 g/mol. The Morgan fingerprint density at radius 3 is 2.62 bits per heavy atom. The number of hydrogen-bond donors (Lipinski definition) is 3. The summed E-state index contributed by atoms with van der Waals surface area (Å²) in [6, 6.07) is 6.62. The summed E-state index contributed by atoms with van der Waals surface area (Å²) < 4.78 is 5.24. The van der Waals surface area contributed by atoms with Crippen LogP contribution in [0.5, 0.6) is 5.75 Å². The van der Waals surface area contributed by atoms with Crippen molar-refractivity contribution >= 4 is 11.7 Å². The Kier molecular flexibility index (Phi) is 7.13. The molecule has 0 aliphatic heterocycles. The number of carbonyl (C=O) groups is 1. The van der Waals surface area contributed by atoms with Crippen LogP contribution in [0.3, 0.4) is 0 Å². The van der Waals surface area contributed by atoms with Gasteiger partial charge in [-0.3, -0.25) is 0 Å². The van der Waals surface area contributed by atoms with Crippen LogP contribution in [0.15, 0.2) is 24.3 Å². The number of terminal acetylenes is 1. The van der Waals surface area contributed by atoms with E-state index in [1.807, 2.05) is 13.8 Å². The molecule has 114 valence electrons. The molecule has 3 N–H and O–H groups in total. The molecule has 0 aliphatic carbocycles. The zero-order valence-corrected chi connectivity index (χ0v) is 12.4. The number of hydrogen-bond acceptors (Lipinski definition) is 3. The number of rotatable bonds is 7. The number of aliphatic hydroxyl groups is 1. The number of anilines is 1. The van der Waals surface area contributed by atoms with E-state index in [0.29, 0.717) is 24.4 Å². The van der Waals surface area contributed by atoms with E-state index in [9.17, 15) is 9.90 Å². The first-order chi connectivity index (χ1) is 10.0. The van der Waals surface area contributed by atoms with Crippen LogP contribution in [0, 0.1) is 18.3 Å². The molecule has 21 heavy (non-hydrogen) atoms. The maximum Gasteiger partial charge on any atom is 0.319 e. The maximum absolute atomic E-state index is 11.7. The lowest BCUT2D eigenvalue weighted by Gasteiger charge is -2.14. The van der Waals surface area contributed by atoms with Gasteiger partial charge in [0.2, 0.25) is 0 Å². The van der Waals surface area contributed by atoms with Crippen LogP contribution < -0.4 is 15.4 Å². The average molecular weight is 290 g/mol. The molecule has 0 radical (unpaired) electrons. The van der Waals surface area contributed by atoms with Crippen molar-refractivity contribution in [3.8, 4) is 18.1 Å². The Bertz CT molecular complexity index is 477. The maximum atomic E-state index is 11.7. The molecule has 5 heteroatoms. The molecule has 0 fully saturated rings. The first-order valence-corrected chi connectivity index (χ1v) is 6.92. The third-order valence-electron chi connectivity index (χ3n) is 2.93. The number of urea groups is 1. The van der Waals surface area contributed by atoms with Gasteiger partial charge in [-0.05, 0) is 36.6 Å². The monoisotopic (exact) mass is 290 g/mol. The molecular formula is C16H22N2O3. The molecule has 0 aliphatic rings. The van der Waals surface area contributed by atoms with E-state index in [-0.39, 0.29) is 18.6 Å². The number of benzene rings is 1. The van der Waals surface area contributed by atoms with E-state index in [1.165, 1.54) is 0 Å². The largest absolute Gasteiger partial charge is 0.481 e. The summed E-state index contributed by atoms with van der Waals surface area (Å²) in [6.45, 7) is 4.52. The highest BCUT2D eigenvalue weighted by atomic mass is 16.5. The van der Waals surface area contributed by atoms with Gasteiger partial charge >= 0.3 is 6.03 Å². The average Bonchev–Trinajstić information content (AvgIpc) is 2.46. The number of carbonyl (C=O) groups excluding carboxylic acids is 1. The van der Waals surface area contributed by atoms with Gasteiger partial charge in [-0.15, -0.1) is 6.42 Å². The summed E-state index contributed by atoms with van der Waals surface area (Å²) in [7, 11) is 0. The molecule has 1 rings (SSSR count). The smallest absolute Gasteiger partial charge is 0.319 e. The fourth-order valence-corrected chi connectivity index (χ4v) is 1.60. The molecule has 0 saturated heterocycles.